The highest BCUT2D eigenvalue weighted by molar-refractivity contribution is 5.25. The van der Waals surface area contributed by atoms with Gasteiger partial charge in [0.05, 0.1) is 6.10 Å². The van der Waals surface area contributed by atoms with Crippen molar-refractivity contribution in [1.29, 1.82) is 0 Å². The molecule has 3 heteroatoms. The van der Waals surface area contributed by atoms with Gasteiger partial charge in [-0.25, -0.2) is 4.39 Å². The fraction of sp³-hybridized carbons (Fsp3) is 0.600. The van der Waals surface area contributed by atoms with E-state index < -0.39 is 0 Å². The van der Waals surface area contributed by atoms with Crippen molar-refractivity contribution >= 4 is 0 Å². The second kappa shape index (κ2) is 5.81. The molecule has 1 aromatic carbocycles. The van der Waals surface area contributed by atoms with Crippen molar-refractivity contribution in [3.8, 4) is 0 Å². The maximum Gasteiger partial charge on any atom is 0.126 e. The number of rotatable bonds is 4. The van der Waals surface area contributed by atoms with Gasteiger partial charge in [0.1, 0.15) is 5.82 Å². The van der Waals surface area contributed by atoms with Gasteiger partial charge >= 0.3 is 0 Å². The molecule has 0 amide bonds. The van der Waals surface area contributed by atoms with E-state index in [0.717, 1.165) is 31.4 Å². The molecule has 0 bridgehead atoms. The van der Waals surface area contributed by atoms with Crippen LogP contribution in [0.5, 0.6) is 0 Å². The minimum atomic E-state index is -0.167. The van der Waals surface area contributed by atoms with Crippen LogP contribution in [-0.2, 0) is 0 Å². The standard InChI is InChI=1S/C15H22FNO/c1-10-6-7-12(8-14(10)16)11(2)17-9-13-4-3-5-15(13)18/h6-8,11,13,15,17-18H,3-5,9H2,1-2H3. The number of hydrogen-bond acceptors (Lipinski definition) is 2. The number of halogens is 1. The van der Waals surface area contributed by atoms with E-state index in [1.807, 2.05) is 19.1 Å². The van der Waals surface area contributed by atoms with Gasteiger partial charge in [-0.2, -0.15) is 0 Å². The summed E-state index contributed by atoms with van der Waals surface area (Å²) >= 11 is 0. The molecule has 2 rings (SSSR count). The van der Waals surface area contributed by atoms with Crippen molar-refractivity contribution in [3.63, 3.8) is 0 Å². The Bertz CT molecular complexity index is 407. The molecule has 0 spiro atoms. The highest BCUT2D eigenvalue weighted by atomic mass is 19.1. The number of benzene rings is 1. The van der Waals surface area contributed by atoms with Gasteiger partial charge < -0.3 is 10.4 Å². The summed E-state index contributed by atoms with van der Waals surface area (Å²) in [6.45, 7) is 4.61. The molecule has 0 aliphatic heterocycles. The van der Waals surface area contributed by atoms with Gasteiger partial charge in [-0.05, 0) is 49.8 Å². The largest absolute Gasteiger partial charge is 0.393 e. The minimum Gasteiger partial charge on any atom is -0.393 e. The van der Waals surface area contributed by atoms with Gasteiger partial charge in [-0.1, -0.05) is 18.6 Å². The normalized spacial score (nSPS) is 25.3. The van der Waals surface area contributed by atoms with Gasteiger partial charge in [0, 0.05) is 12.6 Å². The zero-order valence-corrected chi connectivity index (χ0v) is 11.1. The molecule has 1 saturated carbocycles. The van der Waals surface area contributed by atoms with E-state index in [1.165, 1.54) is 0 Å². The van der Waals surface area contributed by atoms with Gasteiger partial charge in [0.25, 0.3) is 0 Å². The highest BCUT2D eigenvalue weighted by Gasteiger charge is 2.25. The quantitative estimate of drug-likeness (QED) is 0.862. The number of aryl methyl sites for hydroxylation is 1. The molecule has 2 nitrogen and oxygen atoms in total. The Morgan fingerprint density at radius 3 is 2.83 bits per heavy atom. The molecule has 0 radical (unpaired) electrons. The molecule has 0 aromatic heterocycles. The van der Waals surface area contributed by atoms with Crippen molar-refractivity contribution < 1.29 is 9.50 Å². The summed E-state index contributed by atoms with van der Waals surface area (Å²) in [5, 5.41) is 13.1. The summed E-state index contributed by atoms with van der Waals surface area (Å²) in [4.78, 5) is 0. The number of nitrogens with one attached hydrogen (secondary N) is 1. The molecular formula is C15H22FNO. The lowest BCUT2D eigenvalue weighted by molar-refractivity contribution is 0.130. The molecule has 0 heterocycles. The van der Waals surface area contributed by atoms with Crippen LogP contribution in [0.25, 0.3) is 0 Å². The first kappa shape index (κ1) is 13.5. The third-order valence-electron chi connectivity index (χ3n) is 4.00. The molecule has 1 fully saturated rings. The smallest absolute Gasteiger partial charge is 0.126 e. The molecule has 18 heavy (non-hydrogen) atoms. The summed E-state index contributed by atoms with van der Waals surface area (Å²) in [6, 6.07) is 5.49. The molecule has 1 aliphatic carbocycles. The summed E-state index contributed by atoms with van der Waals surface area (Å²) < 4.78 is 13.5. The van der Waals surface area contributed by atoms with Crippen LogP contribution < -0.4 is 5.32 Å². The zero-order chi connectivity index (χ0) is 13.1. The van der Waals surface area contributed by atoms with Crippen LogP contribution >= 0.6 is 0 Å². The Balaban J connectivity index is 1.90. The molecule has 3 unspecified atom stereocenters. The van der Waals surface area contributed by atoms with E-state index in [4.69, 9.17) is 0 Å². The van der Waals surface area contributed by atoms with Crippen molar-refractivity contribution in [2.75, 3.05) is 6.54 Å². The Kier molecular flexibility index (Phi) is 4.36. The van der Waals surface area contributed by atoms with E-state index in [0.29, 0.717) is 11.5 Å². The SMILES string of the molecule is Cc1ccc(C(C)NCC2CCCC2O)cc1F. The van der Waals surface area contributed by atoms with Crippen molar-refractivity contribution in [2.45, 2.75) is 45.3 Å². The van der Waals surface area contributed by atoms with Crippen LogP contribution in [0.1, 0.15) is 43.4 Å². The van der Waals surface area contributed by atoms with E-state index in [9.17, 15) is 9.50 Å². The first-order chi connectivity index (χ1) is 8.58. The topological polar surface area (TPSA) is 32.3 Å². The average Bonchev–Trinajstić information content (AvgIpc) is 2.75. The van der Waals surface area contributed by atoms with Crippen LogP contribution in [-0.4, -0.2) is 17.8 Å². The average molecular weight is 251 g/mol. The maximum atomic E-state index is 13.5. The number of hydrogen-bond donors (Lipinski definition) is 2. The lowest BCUT2D eigenvalue weighted by Crippen LogP contribution is -2.29. The molecule has 1 aliphatic rings. The summed E-state index contributed by atoms with van der Waals surface area (Å²) in [5.74, 6) is 0.199. The Labute approximate surface area is 108 Å². The monoisotopic (exact) mass is 251 g/mol. The van der Waals surface area contributed by atoms with Crippen LogP contribution in [0.4, 0.5) is 4.39 Å². The van der Waals surface area contributed by atoms with Gasteiger partial charge in [-0.3, -0.25) is 0 Å². The Hall–Kier alpha value is -0.930. The third-order valence-corrected chi connectivity index (χ3v) is 4.00. The molecule has 2 N–H and O–H groups in total. The Morgan fingerprint density at radius 1 is 1.44 bits per heavy atom. The zero-order valence-electron chi connectivity index (χ0n) is 11.1. The van der Waals surface area contributed by atoms with Gasteiger partial charge in [-0.15, -0.1) is 0 Å². The van der Waals surface area contributed by atoms with E-state index in [-0.39, 0.29) is 18.0 Å². The lowest BCUT2D eigenvalue weighted by Gasteiger charge is -2.20. The maximum absolute atomic E-state index is 13.5. The van der Waals surface area contributed by atoms with Crippen molar-refractivity contribution in [1.82, 2.24) is 5.32 Å². The van der Waals surface area contributed by atoms with E-state index >= 15 is 0 Å². The second-order valence-corrected chi connectivity index (χ2v) is 5.40. The van der Waals surface area contributed by atoms with Crippen LogP contribution in [0.3, 0.4) is 0 Å². The fourth-order valence-electron chi connectivity index (χ4n) is 2.58. The van der Waals surface area contributed by atoms with E-state index in [1.54, 1.807) is 13.0 Å². The van der Waals surface area contributed by atoms with Crippen LogP contribution in [0, 0.1) is 18.7 Å². The molecule has 100 valence electrons. The predicted molar refractivity (Wildman–Crippen MR) is 70.9 cm³/mol. The van der Waals surface area contributed by atoms with Crippen molar-refractivity contribution in [2.24, 2.45) is 5.92 Å². The van der Waals surface area contributed by atoms with Gasteiger partial charge in [0.2, 0.25) is 0 Å². The summed E-state index contributed by atoms with van der Waals surface area (Å²) in [5.41, 5.74) is 1.64. The van der Waals surface area contributed by atoms with E-state index in [2.05, 4.69) is 5.32 Å². The summed E-state index contributed by atoms with van der Waals surface area (Å²) in [6.07, 6.45) is 2.95. The number of aliphatic hydroxyl groups is 1. The van der Waals surface area contributed by atoms with Crippen LogP contribution in [0.15, 0.2) is 18.2 Å². The van der Waals surface area contributed by atoms with Gasteiger partial charge in [0.15, 0.2) is 0 Å². The lowest BCUT2D eigenvalue weighted by atomic mass is 10.0. The first-order valence-electron chi connectivity index (χ1n) is 6.75. The summed E-state index contributed by atoms with van der Waals surface area (Å²) in [7, 11) is 0. The molecule has 3 atom stereocenters. The minimum absolute atomic E-state index is 0.118. The van der Waals surface area contributed by atoms with Crippen LogP contribution in [0.2, 0.25) is 0 Å². The molecule has 1 aromatic rings. The molecule has 0 saturated heterocycles. The van der Waals surface area contributed by atoms with Crippen molar-refractivity contribution in [3.05, 3.63) is 35.1 Å². The number of aliphatic hydroxyl groups excluding tert-OH is 1. The first-order valence-corrected chi connectivity index (χ1v) is 6.75. The fourth-order valence-corrected chi connectivity index (χ4v) is 2.58. The predicted octanol–water partition coefficient (Wildman–Crippen LogP) is 2.95. The molecular weight excluding hydrogens is 229 g/mol. The highest BCUT2D eigenvalue weighted by Crippen LogP contribution is 2.25. The Morgan fingerprint density at radius 2 is 2.22 bits per heavy atom. The third kappa shape index (κ3) is 3.09. The second-order valence-electron chi connectivity index (χ2n) is 5.40.